The van der Waals surface area contributed by atoms with Crippen LogP contribution in [-0.4, -0.2) is 47.5 Å². The first kappa shape index (κ1) is 20.2. The minimum Gasteiger partial charge on any atom is -0.356 e. The van der Waals surface area contributed by atoms with Gasteiger partial charge < -0.3 is 10.2 Å². The molecule has 0 fully saturated rings. The molecule has 1 N–H and O–H groups in total. The van der Waals surface area contributed by atoms with Crippen LogP contribution in [0.5, 0.6) is 0 Å². The molecule has 1 aromatic carbocycles. The maximum Gasteiger partial charge on any atom is 0.262 e. The number of hydrogen-bond acceptors (Lipinski definition) is 5. The van der Waals surface area contributed by atoms with Crippen molar-refractivity contribution in [1.29, 1.82) is 0 Å². The Morgan fingerprint density at radius 3 is 2.71 bits per heavy atom. The molecule has 0 saturated carbocycles. The van der Waals surface area contributed by atoms with Gasteiger partial charge in [0.1, 0.15) is 4.83 Å². The third-order valence-electron chi connectivity index (χ3n) is 4.60. The minimum atomic E-state index is -0.0892. The van der Waals surface area contributed by atoms with Gasteiger partial charge in [-0.3, -0.25) is 14.2 Å². The molecule has 0 aliphatic heterocycles. The number of thiophene rings is 1. The lowest BCUT2D eigenvalue weighted by Crippen LogP contribution is -2.29. The van der Waals surface area contributed by atoms with Crippen LogP contribution in [0.3, 0.4) is 0 Å². The van der Waals surface area contributed by atoms with Gasteiger partial charge in [0.05, 0.1) is 11.7 Å². The lowest BCUT2D eigenvalue weighted by molar-refractivity contribution is -0.121. The second-order valence-corrected chi connectivity index (χ2v) is 8.28. The normalized spacial score (nSPS) is 11.3. The topological polar surface area (TPSA) is 67.2 Å². The fourth-order valence-electron chi connectivity index (χ4n) is 3.18. The molecule has 28 heavy (non-hydrogen) atoms. The lowest BCUT2D eigenvalue weighted by atomic mass is 10.0. The Balaban J connectivity index is 1.76. The summed E-state index contributed by atoms with van der Waals surface area (Å²) in [6, 6.07) is 9.90. The molecular formula is C21H26N4O2S. The van der Waals surface area contributed by atoms with Crippen LogP contribution in [0.4, 0.5) is 0 Å². The van der Waals surface area contributed by atoms with Crippen LogP contribution in [0.2, 0.25) is 0 Å². The summed E-state index contributed by atoms with van der Waals surface area (Å²) >= 11 is 1.53. The van der Waals surface area contributed by atoms with Gasteiger partial charge in [0, 0.05) is 30.0 Å². The third kappa shape index (κ3) is 4.66. The van der Waals surface area contributed by atoms with E-state index >= 15 is 0 Å². The Hall–Kier alpha value is -2.51. The van der Waals surface area contributed by atoms with E-state index in [0.717, 1.165) is 33.8 Å². The SMILES string of the molecule is Cc1sc2ncn(CCC(=O)NCCCN(C)C)c(=O)c2c1-c1ccccc1. The highest BCUT2D eigenvalue weighted by Gasteiger charge is 2.17. The Bertz CT molecular complexity index is 1010. The van der Waals surface area contributed by atoms with Gasteiger partial charge in [-0.15, -0.1) is 11.3 Å². The summed E-state index contributed by atoms with van der Waals surface area (Å²) in [5.41, 5.74) is 1.87. The fraction of sp³-hybridized carbons (Fsp3) is 0.381. The second kappa shape index (κ2) is 9.12. The average molecular weight is 399 g/mol. The number of carbonyl (C=O) groups excluding carboxylic acids is 1. The number of carbonyl (C=O) groups is 1. The number of hydrogen-bond donors (Lipinski definition) is 1. The third-order valence-corrected chi connectivity index (χ3v) is 5.61. The Morgan fingerprint density at radius 2 is 2.00 bits per heavy atom. The van der Waals surface area contributed by atoms with Crippen LogP contribution >= 0.6 is 11.3 Å². The van der Waals surface area contributed by atoms with E-state index in [-0.39, 0.29) is 17.9 Å². The van der Waals surface area contributed by atoms with Crippen LogP contribution in [0.25, 0.3) is 21.3 Å². The van der Waals surface area contributed by atoms with Crippen molar-refractivity contribution >= 4 is 27.5 Å². The summed E-state index contributed by atoms with van der Waals surface area (Å²) in [6.45, 7) is 3.91. The highest BCUT2D eigenvalue weighted by Crippen LogP contribution is 2.35. The van der Waals surface area contributed by atoms with Gasteiger partial charge in [-0.1, -0.05) is 30.3 Å². The average Bonchev–Trinajstić information content (AvgIpc) is 3.02. The van der Waals surface area contributed by atoms with E-state index in [1.54, 1.807) is 10.9 Å². The predicted molar refractivity (Wildman–Crippen MR) is 115 cm³/mol. The number of benzene rings is 1. The molecule has 0 radical (unpaired) electrons. The van der Waals surface area contributed by atoms with Gasteiger partial charge in [-0.25, -0.2) is 4.98 Å². The summed E-state index contributed by atoms with van der Waals surface area (Å²) in [4.78, 5) is 33.5. The quantitative estimate of drug-likeness (QED) is 0.593. The Labute approximate surface area is 168 Å². The maximum absolute atomic E-state index is 13.1. The Morgan fingerprint density at radius 1 is 1.25 bits per heavy atom. The van der Waals surface area contributed by atoms with Gasteiger partial charge >= 0.3 is 0 Å². The largest absolute Gasteiger partial charge is 0.356 e. The lowest BCUT2D eigenvalue weighted by Gasteiger charge is -2.10. The zero-order valence-corrected chi connectivity index (χ0v) is 17.4. The van der Waals surface area contributed by atoms with Crippen molar-refractivity contribution < 1.29 is 4.79 Å². The number of amides is 1. The predicted octanol–water partition coefficient (Wildman–Crippen LogP) is 2.89. The molecule has 3 aromatic rings. The van der Waals surface area contributed by atoms with E-state index in [1.807, 2.05) is 51.4 Å². The van der Waals surface area contributed by atoms with Crippen molar-refractivity contribution in [2.24, 2.45) is 0 Å². The van der Waals surface area contributed by atoms with Crippen molar-refractivity contribution in [1.82, 2.24) is 19.8 Å². The van der Waals surface area contributed by atoms with E-state index < -0.39 is 0 Å². The van der Waals surface area contributed by atoms with Gasteiger partial charge in [0.2, 0.25) is 5.91 Å². The number of fused-ring (bicyclic) bond motifs is 1. The van der Waals surface area contributed by atoms with E-state index in [4.69, 9.17) is 0 Å². The van der Waals surface area contributed by atoms with Crippen LogP contribution in [0.1, 0.15) is 17.7 Å². The molecule has 2 aromatic heterocycles. The van der Waals surface area contributed by atoms with Crippen molar-refractivity contribution in [2.45, 2.75) is 26.3 Å². The number of aromatic nitrogens is 2. The van der Waals surface area contributed by atoms with E-state index in [0.29, 0.717) is 18.5 Å². The first-order chi connectivity index (χ1) is 13.5. The van der Waals surface area contributed by atoms with Crippen LogP contribution in [0, 0.1) is 6.92 Å². The molecule has 0 saturated heterocycles. The van der Waals surface area contributed by atoms with Crippen molar-refractivity contribution in [3.05, 3.63) is 51.9 Å². The first-order valence-electron chi connectivity index (χ1n) is 9.42. The number of rotatable bonds is 8. The molecule has 148 valence electrons. The van der Waals surface area contributed by atoms with Crippen molar-refractivity contribution in [3.8, 4) is 11.1 Å². The van der Waals surface area contributed by atoms with E-state index in [9.17, 15) is 9.59 Å². The molecular weight excluding hydrogens is 372 g/mol. The summed E-state index contributed by atoms with van der Waals surface area (Å²) in [7, 11) is 4.01. The van der Waals surface area contributed by atoms with Crippen molar-refractivity contribution in [3.63, 3.8) is 0 Å². The number of nitrogens with zero attached hydrogens (tertiary/aromatic N) is 3. The maximum atomic E-state index is 13.1. The molecule has 0 atom stereocenters. The highest BCUT2D eigenvalue weighted by molar-refractivity contribution is 7.19. The van der Waals surface area contributed by atoms with Gasteiger partial charge in [0.15, 0.2) is 0 Å². The van der Waals surface area contributed by atoms with Crippen LogP contribution < -0.4 is 10.9 Å². The van der Waals surface area contributed by atoms with Crippen LogP contribution in [0.15, 0.2) is 41.5 Å². The summed E-state index contributed by atoms with van der Waals surface area (Å²) in [6.07, 6.45) is 2.72. The molecule has 0 aliphatic carbocycles. The second-order valence-electron chi connectivity index (χ2n) is 7.08. The molecule has 7 heteroatoms. The van der Waals surface area contributed by atoms with Gasteiger partial charge in [-0.05, 0) is 39.5 Å². The highest BCUT2D eigenvalue weighted by atomic mass is 32.1. The first-order valence-corrected chi connectivity index (χ1v) is 10.2. The summed E-state index contributed by atoms with van der Waals surface area (Å²) < 4.78 is 1.54. The van der Waals surface area contributed by atoms with Crippen LogP contribution in [-0.2, 0) is 11.3 Å². The molecule has 0 aliphatic rings. The fourth-order valence-corrected chi connectivity index (χ4v) is 4.19. The summed E-state index contributed by atoms with van der Waals surface area (Å²) in [5.74, 6) is -0.0458. The molecule has 2 heterocycles. The van der Waals surface area contributed by atoms with Crippen molar-refractivity contribution in [2.75, 3.05) is 27.2 Å². The number of aryl methyl sites for hydroxylation is 2. The molecule has 6 nitrogen and oxygen atoms in total. The summed E-state index contributed by atoms with van der Waals surface area (Å²) in [5, 5.41) is 3.55. The zero-order chi connectivity index (χ0) is 20.1. The standard InChI is InChI=1S/C21H26N4O2S/c1-15-18(16-8-5-4-6-9-16)19-20(28-15)23-14-25(21(19)27)13-10-17(26)22-11-7-12-24(2)3/h4-6,8-9,14H,7,10-13H2,1-3H3,(H,22,26). The van der Waals surface area contributed by atoms with E-state index in [2.05, 4.69) is 15.2 Å². The molecule has 1 amide bonds. The monoisotopic (exact) mass is 398 g/mol. The Kier molecular flexibility index (Phi) is 6.59. The smallest absolute Gasteiger partial charge is 0.262 e. The zero-order valence-electron chi connectivity index (χ0n) is 16.6. The molecule has 0 unspecified atom stereocenters. The minimum absolute atomic E-state index is 0.0458. The molecule has 3 rings (SSSR count). The number of nitrogens with one attached hydrogen (secondary N) is 1. The van der Waals surface area contributed by atoms with Gasteiger partial charge in [0.25, 0.3) is 5.56 Å². The van der Waals surface area contributed by atoms with Gasteiger partial charge in [-0.2, -0.15) is 0 Å². The molecule has 0 bridgehead atoms. The van der Waals surface area contributed by atoms with E-state index in [1.165, 1.54) is 11.3 Å². The molecule has 0 spiro atoms.